The number of nitrogens with two attached hydrogens (primary N) is 1. The topological polar surface area (TPSA) is 78.6 Å². The minimum Gasteiger partial charge on any atom is -0.396 e. The van der Waals surface area contributed by atoms with Gasteiger partial charge in [-0.25, -0.2) is 4.79 Å². The van der Waals surface area contributed by atoms with Crippen molar-refractivity contribution in [3.05, 3.63) is 0 Å². The van der Waals surface area contributed by atoms with Crippen molar-refractivity contribution in [2.75, 3.05) is 26.2 Å². The van der Waals surface area contributed by atoms with E-state index < -0.39 is 0 Å². The number of hydrogen-bond donors (Lipinski definition) is 3. The smallest absolute Gasteiger partial charge is 0.314 e. The van der Waals surface area contributed by atoms with Crippen molar-refractivity contribution in [3.63, 3.8) is 0 Å². The Labute approximate surface area is 90.6 Å². The first-order valence-electron chi connectivity index (χ1n) is 5.52. The number of aliphatic hydroxyl groups excluding tert-OH is 1. The Morgan fingerprint density at radius 2 is 2.33 bits per heavy atom. The van der Waals surface area contributed by atoms with Gasteiger partial charge in [0.25, 0.3) is 0 Å². The third-order valence-electron chi connectivity index (χ3n) is 2.74. The van der Waals surface area contributed by atoms with Crippen LogP contribution in [0.1, 0.15) is 19.8 Å². The molecule has 0 bridgehead atoms. The van der Waals surface area contributed by atoms with Gasteiger partial charge in [0.2, 0.25) is 0 Å². The third kappa shape index (κ3) is 4.05. The van der Waals surface area contributed by atoms with E-state index in [9.17, 15) is 4.79 Å². The van der Waals surface area contributed by atoms with Crippen molar-refractivity contribution in [2.24, 2.45) is 11.7 Å². The summed E-state index contributed by atoms with van der Waals surface area (Å²) < 4.78 is 0. The molecule has 0 aromatic rings. The van der Waals surface area contributed by atoms with Gasteiger partial charge in [-0.05, 0) is 25.3 Å². The molecule has 1 heterocycles. The number of carbonyl (C=O) groups is 1. The van der Waals surface area contributed by atoms with E-state index in [2.05, 4.69) is 12.2 Å². The Morgan fingerprint density at radius 3 is 2.93 bits per heavy atom. The van der Waals surface area contributed by atoms with Crippen LogP contribution < -0.4 is 11.1 Å². The zero-order valence-corrected chi connectivity index (χ0v) is 9.28. The molecule has 4 N–H and O–H groups in total. The molecule has 15 heavy (non-hydrogen) atoms. The number of likely N-dealkylation sites (tertiary alicyclic amines) is 1. The number of nitrogens with zero attached hydrogens (tertiary/aromatic N) is 1. The van der Waals surface area contributed by atoms with Gasteiger partial charge in [-0.3, -0.25) is 0 Å². The van der Waals surface area contributed by atoms with E-state index in [1.54, 1.807) is 4.90 Å². The van der Waals surface area contributed by atoms with Crippen LogP contribution in [0.2, 0.25) is 0 Å². The van der Waals surface area contributed by atoms with Crippen molar-refractivity contribution >= 4 is 6.03 Å². The van der Waals surface area contributed by atoms with Crippen LogP contribution in [0.5, 0.6) is 0 Å². The van der Waals surface area contributed by atoms with Gasteiger partial charge >= 0.3 is 6.03 Å². The number of nitrogens with one attached hydrogen (secondary N) is 1. The highest BCUT2D eigenvalue weighted by Gasteiger charge is 2.25. The highest BCUT2D eigenvalue weighted by atomic mass is 16.3. The van der Waals surface area contributed by atoms with Crippen molar-refractivity contribution < 1.29 is 9.90 Å². The Hall–Kier alpha value is -0.810. The van der Waals surface area contributed by atoms with Crippen LogP contribution in [0.25, 0.3) is 0 Å². The number of hydrogen-bond acceptors (Lipinski definition) is 3. The zero-order chi connectivity index (χ0) is 11.3. The molecule has 2 unspecified atom stereocenters. The van der Waals surface area contributed by atoms with Crippen LogP contribution in [-0.2, 0) is 0 Å². The van der Waals surface area contributed by atoms with Crippen LogP contribution in [0, 0.1) is 5.92 Å². The minimum absolute atomic E-state index is 0.203. The molecule has 5 nitrogen and oxygen atoms in total. The summed E-state index contributed by atoms with van der Waals surface area (Å²) in [5.41, 5.74) is 5.27. The van der Waals surface area contributed by atoms with Gasteiger partial charge in [0.05, 0.1) is 0 Å². The maximum absolute atomic E-state index is 11.1. The number of aliphatic hydroxyl groups is 1. The second-order valence-corrected chi connectivity index (χ2v) is 4.31. The summed E-state index contributed by atoms with van der Waals surface area (Å²) >= 11 is 0. The summed E-state index contributed by atoms with van der Waals surface area (Å²) in [6, 6.07) is -0.0247. The summed E-state index contributed by atoms with van der Waals surface area (Å²) in [6.07, 6.45) is 1.82. The van der Waals surface area contributed by atoms with Crippen LogP contribution in [0.15, 0.2) is 0 Å². The predicted octanol–water partition coefficient (Wildman–Crippen LogP) is -0.252. The van der Waals surface area contributed by atoms with Gasteiger partial charge in [0.15, 0.2) is 0 Å². The lowest BCUT2D eigenvalue weighted by molar-refractivity contribution is 0.157. The average Bonchev–Trinajstić information content (AvgIpc) is 2.17. The maximum Gasteiger partial charge on any atom is 0.314 e. The monoisotopic (exact) mass is 215 g/mol. The largest absolute Gasteiger partial charge is 0.396 e. The standard InChI is InChI=1S/C10H21N3O2/c1-8-5-9(12-3-2-4-14)7-13(6-8)10(11)15/h8-9,12,14H,2-7H2,1H3,(H2,11,15). The van der Waals surface area contributed by atoms with Gasteiger partial charge in [-0.1, -0.05) is 6.92 Å². The molecule has 1 aliphatic rings. The van der Waals surface area contributed by atoms with Gasteiger partial charge in [-0.2, -0.15) is 0 Å². The summed E-state index contributed by atoms with van der Waals surface area (Å²) in [5.74, 6) is 0.484. The Bertz CT molecular complexity index is 211. The van der Waals surface area contributed by atoms with Crippen molar-refractivity contribution in [3.8, 4) is 0 Å². The average molecular weight is 215 g/mol. The Balaban J connectivity index is 2.34. The van der Waals surface area contributed by atoms with Gasteiger partial charge in [0.1, 0.15) is 0 Å². The zero-order valence-electron chi connectivity index (χ0n) is 9.28. The van der Waals surface area contributed by atoms with Crippen LogP contribution in [0.3, 0.4) is 0 Å². The highest BCUT2D eigenvalue weighted by Crippen LogP contribution is 2.15. The van der Waals surface area contributed by atoms with E-state index in [0.29, 0.717) is 18.5 Å². The molecule has 2 amide bonds. The first kappa shape index (κ1) is 12.3. The quantitative estimate of drug-likeness (QED) is 0.566. The first-order valence-corrected chi connectivity index (χ1v) is 5.52. The van der Waals surface area contributed by atoms with Crippen LogP contribution in [-0.4, -0.2) is 48.3 Å². The molecule has 2 atom stereocenters. The molecule has 1 saturated heterocycles. The Kier molecular flexibility index (Phi) is 4.84. The van der Waals surface area contributed by atoms with E-state index in [-0.39, 0.29) is 12.6 Å². The molecule has 1 fully saturated rings. The number of piperidine rings is 1. The van der Waals surface area contributed by atoms with Crippen molar-refractivity contribution in [1.29, 1.82) is 0 Å². The molecule has 0 aliphatic carbocycles. The second kappa shape index (κ2) is 5.92. The molecule has 0 aromatic carbocycles. The lowest BCUT2D eigenvalue weighted by atomic mass is 9.96. The minimum atomic E-state index is -0.337. The van der Waals surface area contributed by atoms with Gasteiger partial charge in [-0.15, -0.1) is 0 Å². The summed E-state index contributed by atoms with van der Waals surface area (Å²) in [5, 5.41) is 12.0. The molecule has 88 valence electrons. The first-order chi connectivity index (χ1) is 7.13. The van der Waals surface area contributed by atoms with E-state index in [4.69, 9.17) is 10.8 Å². The molecule has 1 aliphatic heterocycles. The molecular formula is C10H21N3O2. The molecule has 0 aromatic heterocycles. The summed E-state index contributed by atoms with van der Waals surface area (Å²) in [4.78, 5) is 12.7. The van der Waals surface area contributed by atoms with Crippen molar-refractivity contribution in [2.45, 2.75) is 25.8 Å². The van der Waals surface area contributed by atoms with Crippen molar-refractivity contribution in [1.82, 2.24) is 10.2 Å². The normalized spacial score (nSPS) is 26.7. The maximum atomic E-state index is 11.1. The lowest BCUT2D eigenvalue weighted by Gasteiger charge is -2.35. The second-order valence-electron chi connectivity index (χ2n) is 4.31. The number of rotatable bonds is 4. The number of carbonyl (C=O) groups excluding carboxylic acids is 1. The molecular weight excluding hydrogens is 194 g/mol. The fraction of sp³-hybridized carbons (Fsp3) is 0.900. The van der Waals surface area contributed by atoms with E-state index in [0.717, 1.165) is 25.9 Å². The SMILES string of the molecule is CC1CC(NCCCO)CN(C(N)=O)C1. The lowest BCUT2D eigenvalue weighted by Crippen LogP contribution is -2.52. The van der Waals surface area contributed by atoms with E-state index >= 15 is 0 Å². The van der Waals surface area contributed by atoms with Gasteiger partial charge in [0, 0.05) is 25.7 Å². The molecule has 0 radical (unpaired) electrons. The van der Waals surface area contributed by atoms with Crippen LogP contribution >= 0.6 is 0 Å². The molecule has 1 rings (SSSR count). The molecule has 0 saturated carbocycles. The van der Waals surface area contributed by atoms with Crippen LogP contribution in [0.4, 0.5) is 4.79 Å². The Morgan fingerprint density at radius 1 is 1.60 bits per heavy atom. The molecule has 0 spiro atoms. The van der Waals surface area contributed by atoms with E-state index in [1.807, 2.05) is 0 Å². The highest BCUT2D eigenvalue weighted by molar-refractivity contribution is 5.72. The predicted molar refractivity (Wildman–Crippen MR) is 58.4 cm³/mol. The molecule has 5 heteroatoms. The summed E-state index contributed by atoms with van der Waals surface area (Å²) in [7, 11) is 0. The fourth-order valence-corrected chi connectivity index (χ4v) is 2.06. The number of primary amides is 1. The fourth-order valence-electron chi connectivity index (χ4n) is 2.06. The number of amides is 2. The van der Waals surface area contributed by atoms with Gasteiger partial charge < -0.3 is 21.1 Å². The third-order valence-corrected chi connectivity index (χ3v) is 2.74. The number of urea groups is 1. The van der Waals surface area contributed by atoms with E-state index in [1.165, 1.54) is 0 Å². The summed E-state index contributed by atoms with van der Waals surface area (Å²) in [6.45, 7) is 4.56.